The summed E-state index contributed by atoms with van der Waals surface area (Å²) in [6, 6.07) is 67.2. The van der Waals surface area contributed by atoms with E-state index in [1.165, 1.54) is 62.6 Å². The van der Waals surface area contributed by atoms with Gasteiger partial charge in [-0.2, -0.15) is 0 Å². The summed E-state index contributed by atoms with van der Waals surface area (Å²) < 4.78 is 102. The van der Waals surface area contributed by atoms with E-state index >= 15 is 0 Å². The van der Waals surface area contributed by atoms with Crippen molar-refractivity contribution in [2.45, 2.75) is 109 Å². The average molecular weight is 2030 g/mol. The summed E-state index contributed by atoms with van der Waals surface area (Å²) >= 11 is 6.45. The molecule has 5 aromatic heterocycles. The van der Waals surface area contributed by atoms with E-state index in [0.29, 0.717) is 121 Å². The van der Waals surface area contributed by atoms with E-state index < -0.39 is 57.1 Å². The highest BCUT2D eigenvalue weighted by Gasteiger charge is 2.34. The van der Waals surface area contributed by atoms with Crippen LogP contribution in [-0.2, 0) is 44.3 Å². The molecule has 16 N–H and O–H groups in total. The number of likely N-dealkylation sites (tertiary alicyclic amines) is 3. The largest absolute Gasteiger partial charge is 0.370 e. The number of nitrogens with one attached hydrogen (secondary N) is 4. The molecule has 3 aliphatic rings. The zero-order valence-electron chi connectivity index (χ0n) is 77.8. The van der Waals surface area contributed by atoms with Crippen LogP contribution >= 0.6 is 24.0 Å². The number of nitrogens with two attached hydrogens (primary N) is 5. The van der Waals surface area contributed by atoms with Gasteiger partial charge in [0.05, 0.1) is 57.3 Å². The molecule has 36 nitrogen and oxygen atoms in total. The third-order valence-electron chi connectivity index (χ3n) is 21.8. The number of carbonyl (C=O) groups excluding carboxylic acids is 6. The second-order valence-electron chi connectivity index (χ2n) is 31.9. The normalized spacial score (nSPS) is 13.5. The van der Waals surface area contributed by atoms with Gasteiger partial charge < -0.3 is 59.0 Å². The summed E-state index contributed by atoms with van der Waals surface area (Å²) in [6.45, 7) is 9.30. The van der Waals surface area contributed by atoms with Crippen LogP contribution in [0.5, 0.6) is 0 Å². The van der Waals surface area contributed by atoms with Gasteiger partial charge in [0, 0.05) is 120 Å². The smallest absolute Gasteiger partial charge is 0.248 e. The number of aliphatic imine (C=N–C) groups is 1. The fraction of sp³-hybridized carbons (Fsp3) is 0.212. The molecule has 0 saturated carbocycles. The van der Waals surface area contributed by atoms with E-state index in [0.717, 1.165) is 75.9 Å². The third kappa shape index (κ3) is 34.4. The van der Waals surface area contributed by atoms with Crippen LogP contribution in [0.4, 0.5) is 29.0 Å². The zero-order chi connectivity index (χ0) is 102. The Morgan fingerprint density at radius 3 is 0.993 bits per heavy atom. The lowest BCUT2D eigenvalue weighted by molar-refractivity contribution is -0.356. The van der Waals surface area contributed by atoms with Crippen LogP contribution in [0.1, 0.15) is 121 Å². The Balaban J connectivity index is 0.000000190. The predicted octanol–water partition coefficient (Wildman–Crippen LogP) is 13.8. The molecule has 141 heavy (non-hydrogen) atoms. The Bertz CT molecular complexity index is 6680. The van der Waals surface area contributed by atoms with Crippen LogP contribution < -0.4 is 44.9 Å². The molecule has 8 heterocycles. The molecular formula is C99H109N19O17S6. The number of piperidine rings is 3. The van der Waals surface area contributed by atoms with Gasteiger partial charge in [0.1, 0.15) is 0 Å². The summed E-state index contributed by atoms with van der Waals surface area (Å²) in [4.78, 5) is 111. The number of primary amides is 3. The number of amides is 3. The van der Waals surface area contributed by atoms with Crippen LogP contribution in [-0.4, -0.2) is 211 Å². The number of anilines is 4. The maximum Gasteiger partial charge on any atom is 0.248 e. The number of guanidine groups is 1. The standard InChI is InChI=1S/2C23H25N5O3S.C14H19NO3S.C13H11NO3S.C13H11NOS.C8H10N4O.C5H5NS.H3NO3/c2*1-28-14-11-20(12-15-28)32(30,31)19-8-4-16(5-9-19)21-10-13-25-23(27-21)26-18-6-2-17(3-7-18)22(24)29;1-11(16)12-3-5-13(6-4-12)19(17,18)14-7-9-15(2)10-8-14;1-10(15)11-2-4-12(5-3-11)18(16,17)13-6-8-14-9-7-13;1-10(15)11-2-4-12(5-3-11)16-13-6-8-14-9-7-13;9-7(13)5-1-3-6(4-2-5)12-8(10)11;7-5-1-3-6-4-2-5;2-1-4-3/h2*2-10,13,20H,11-12,14-15H2,1H3,(H2,24,29)(H,25,26,27);3-6,14H,7-10H2,1-2H3;2-9H,1H3;2-9H,1H3;1-4H,(H2,9,13)(H4,10,11,12);1-4H,(H,6,7);1-3H. The Hall–Kier alpha value is -14.3. The van der Waals surface area contributed by atoms with Gasteiger partial charge in [0.25, 0.3) is 0 Å². The Morgan fingerprint density at radius 1 is 0.397 bits per heavy atom. The fourth-order valence-corrected chi connectivity index (χ4v) is 21.2. The molecule has 3 amide bonds. The first-order chi connectivity index (χ1) is 67.2. The maximum atomic E-state index is 13.0. The van der Waals surface area contributed by atoms with Crippen molar-refractivity contribution >= 4 is 133 Å². The molecular weight excluding hydrogens is 1920 g/mol. The second-order valence-corrected chi connectivity index (χ2v) is 42.2. The second kappa shape index (κ2) is 53.8. The molecule has 0 radical (unpaired) electrons. The first kappa shape index (κ1) is 110. The fourth-order valence-electron chi connectivity index (χ4n) is 13.9. The molecule has 0 atom stereocenters. The Kier molecular flexibility index (Phi) is 42.1. The van der Waals surface area contributed by atoms with Crippen molar-refractivity contribution in [2.24, 2.45) is 33.7 Å². The van der Waals surface area contributed by atoms with Crippen LogP contribution in [0.3, 0.4) is 0 Å². The summed E-state index contributed by atoms with van der Waals surface area (Å²) in [7, 11) is -7.46. The third-order valence-corrected chi connectivity index (χ3v) is 31.7. The van der Waals surface area contributed by atoms with Crippen molar-refractivity contribution < 1.29 is 77.9 Å². The van der Waals surface area contributed by atoms with E-state index in [4.69, 9.17) is 51.4 Å². The van der Waals surface area contributed by atoms with Gasteiger partial charge >= 0.3 is 0 Å². The molecule has 3 fully saturated rings. The van der Waals surface area contributed by atoms with Gasteiger partial charge in [-0.1, -0.05) is 84.6 Å². The molecule has 0 spiro atoms. The SMILES string of the molecule is CC(=O)c1ccc(S(=O)(=O)C2CCN(C)CC2)cc1.CC(=O)c1ccc(S(=O)(=O)c2ccncc2)cc1.CC(=O)c1ccc(Sc2ccncc2)cc1.CN1CCC(S(=O)(=O)c2ccc(-c3ccnc(Nc4ccc(C(N)=O)cc4)n3)cc2)CC1.CN1CCC(S(=O)(=O)c2ccc(-c3ccnc(Nc4ccc(C(N)=O)cc4)n3)cc2)CC1.NC(=O)c1ccc(N=C(N)N)cc1.ONOO.S=c1cc[nH]cc1. The first-order valence-corrected chi connectivity index (χ1v) is 50.9. The maximum absolute atomic E-state index is 13.0. The van der Waals surface area contributed by atoms with Crippen molar-refractivity contribution in [2.75, 3.05) is 71.0 Å². The number of pyridine rings is 3. The highest BCUT2D eigenvalue weighted by molar-refractivity contribution is 7.99. The predicted molar refractivity (Wildman–Crippen MR) is 543 cm³/mol. The lowest BCUT2D eigenvalue weighted by atomic mass is 10.1. The number of H-pyrrole nitrogens is 1. The summed E-state index contributed by atoms with van der Waals surface area (Å²) in [6.07, 6.45) is 17.2. The number of aromatic nitrogens is 7. The van der Waals surface area contributed by atoms with E-state index in [2.05, 4.69) is 70.2 Å². The number of aromatic amines is 1. The van der Waals surface area contributed by atoms with Gasteiger partial charge in [-0.15, -0.1) is 4.99 Å². The molecule has 42 heteroatoms. The minimum atomic E-state index is -3.53. The molecule has 3 saturated heterocycles. The number of benzene rings is 8. The number of carbonyl (C=O) groups is 6. The number of hydrogen-bond donors (Lipinski definition) is 11. The zero-order valence-corrected chi connectivity index (χ0v) is 82.7. The molecule has 3 aliphatic heterocycles. The number of Topliss-reactive ketones (excluding diaryl/α,β-unsaturated/α-hetero) is 3. The minimum absolute atomic E-state index is 0.0215. The molecule has 0 bridgehead atoms. The number of rotatable bonds is 24. The first-order valence-electron chi connectivity index (χ1n) is 43.6. The number of hydrogen-bond acceptors (Lipinski definition) is 32. The number of nitrogens with zero attached hydrogens (tertiary/aromatic N) is 10. The van der Waals surface area contributed by atoms with Crippen molar-refractivity contribution in [1.82, 2.24) is 55.2 Å². The van der Waals surface area contributed by atoms with E-state index in [1.807, 2.05) is 82.1 Å². The van der Waals surface area contributed by atoms with E-state index in [-0.39, 0.29) is 48.9 Å². The van der Waals surface area contributed by atoms with Crippen LogP contribution in [0.2, 0.25) is 0 Å². The van der Waals surface area contributed by atoms with E-state index in [1.54, 1.807) is 201 Å². The molecule has 8 aromatic carbocycles. The molecule has 738 valence electrons. The van der Waals surface area contributed by atoms with Crippen molar-refractivity contribution in [3.8, 4) is 22.5 Å². The van der Waals surface area contributed by atoms with Crippen LogP contribution in [0.15, 0.2) is 331 Å². The van der Waals surface area contributed by atoms with Crippen LogP contribution in [0, 0.1) is 4.51 Å². The molecule has 0 aliphatic carbocycles. The van der Waals surface area contributed by atoms with E-state index in [9.17, 15) is 62.4 Å². The summed E-state index contributed by atoms with van der Waals surface area (Å²) in [5, 5.41) is 19.4. The van der Waals surface area contributed by atoms with Crippen molar-refractivity contribution in [3.05, 3.63) is 330 Å². The van der Waals surface area contributed by atoms with Gasteiger partial charge in [-0.25, -0.2) is 63.9 Å². The lowest BCUT2D eigenvalue weighted by Gasteiger charge is -2.28. The number of sulfone groups is 4. The molecule has 0 unspecified atom stereocenters. The van der Waals surface area contributed by atoms with Gasteiger partial charge in [-0.3, -0.25) is 43.9 Å². The minimum Gasteiger partial charge on any atom is -0.370 e. The Morgan fingerprint density at radius 2 is 0.688 bits per heavy atom. The monoisotopic (exact) mass is 2030 g/mol. The summed E-state index contributed by atoms with van der Waals surface area (Å²) in [5.41, 5.74) is 34.8. The van der Waals surface area contributed by atoms with Crippen LogP contribution in [0.25, 0.3) is 22.5 Å². The highest BCUT2D eigenvalue weighted by Crippen LogP contribution is 2.33. The van der Waals surface area contributed by atoms with Crippen molar-refractivity contribution in [1.29, 1.82) is 0 Å². The van der Waals surface area contributed by atoms with Crippen molar-refractivity contribution in [3.63, 3.8) is 0 Å². The lowest BCUT2D eigenvalue weighted by Crippen LogP contribution is -2.37. The average Bonchev–Trinajstić information content (AvgIpc) is 0.796. The Labute approximate surface area is 827 Å². The number of ketones is 3. The van der Waals surface area contributed by atoms with Gasteiger partial charge in [-0.05, 0) is 307 Å². The molecule has 16 rings (SSSR count). The molecule has 13 aromatic rings. The quantitative estimate of drug-likeness (QED) is 0.00668. The highest BCUT2D eigenvalue weighted by atomic mass is 32.2. The topological polar surface area (TPSA) is 570 Å². The van der Waals surface area contributed by atoms with Gasteiger partial charge in [0.15, 0.2) is 52.8 Å². The summed E-state index contributed by atoms with van der Waals surface area (Å²) in [5.74, 6) is -0.753. The van der Waals surface area contributed by atoms with Gasteiger partial charge in [0.2, 0.25) is 39.5 Å².